The normalized spacial score (nSPS) is 21.6. The van der Waals surface area contributed by atoms with Crippen molar-refractivity contribution in [2.45, 2.75) is 18.9 Å². The van der Waals surface area contributed by atoms with Crippen LogP contribution in [-0.4, -0.2) is 39.6 Å². The van der Waals surface area contributed by atoms with Gasteiger partial charge in [-0.15, -0.1) is 11.3 Å². The molecule has 5 nitrogen and oxygen atoms in total. The number of nitrogens with zero attached hydrogens (tertiary/aromatic N) is 1. The summed E-state index contributed by atoms with van der Waals surface area (Å²) in [5, 5.41) is 13.7. The van der Waals surface area contributed by atoms with Gasteiger partial charge in [-0.3, -0.25) is 4.79 Å². The number of furan rings is 1. The van der Waals surface area contributed by atoms with E-state index in [4.69, 9.17) is 4.42 Å². The van der Waals surface area contributed by atoms with Crippen LogP contribution in [0.2, 0.25) is 0 Å². The van der Waals surface area contributed by atoms with Crippen molar-refractivity contribution in [3.63, 3.8) is 0 Å². The second kappa shape index (κ2) is 5.82. The third kappa shape index (κ3) is 3.14. The molecule has 1 aliphatic rings. The van der Waals surface area contributed by atoms with Crippen molar-refractivity contribution in [3.8, 4) is 10.8 Å². The molecule has 7 heteroatoms. The van der Waals surface area contributed by atoms with Gasteiger partial charge in [0.15, 0.2) is 10.8 Å². The molecule has 1 fully saturated rings. The summed E-state index contributed by atoms with van der Waals surface area (Å²) in [5.41, 5.74) is -0.380. The Hall–Kier alpha value is -1.31. The molecule has 1 saturated heterocycles. The molecular formula is C14H16N2O3S2. The molecule has 2 N–H and O–H groups in total. The van der Waals surface area contributed by atoms with Crippen LogP contribution in [0.4, 0.5) is 0 Å². The zero-order chi connectivity index (χ0) is 14.9. The molecule has 0 aliphatic carbocycles. The highest BCUT2D eigenvalue weighted by Crippen LogP contribution is 2.29. The number of amides is 1. The summed E-state index contributed by atoms with van der Waals surface area (Å²) in [7, 11) is 0. The molecular weight excluding hydrogens is 308 g/mol. The van der Waals surface area contributed by atoms with E-state index in [1.807, 2.05) is 13.0 Å². The molecule has 21 heavy (non-hydrogen) atoms. The number of aryl methyl sites for hydroxylation is 1. The van der Waals surface area contributed by atoms with Crippen LogP contribution in [0.15, 0.2) is 22.8 Å². The van der Waals surface area contributed by atoms with Crippen molar-refractivity contribution in [1.82, 2.24) is 10.3 Å². The monoisotopic (exact) mass is 324 g/mol. The molecule has 1 amide bonds. The average molecular weight is 324 g/mol. The Morgan fingerprint density at radius 1 is 1.62 bits per heavy atom. The van der Waals surface area contributed by atoms with Crippen LogP contribution in [0, 0.1) is 6.92 Å². The second-order valence-electron chi connectivity index (χ2n) is 5.11. The number of carbonyl (C=O) groups excluding carboxylic acids is 1. The summed E-state index contributed by atoms with van der Waals surface area (Å²) >= 11 is 3.13. The van der Waals surface area contributed by atoms with E-state index < -0.39 is 5.60 Å². The van der Waals surface area contributed by atoms with Gasteiger partial charge in [-0.2, -0.15) is 11.8 Å². The maximum Gasteiger partial charge on any atom is 0.271 e. The Labute approximate surface area is 130 Å². The lowest BCUT2D eigenvalue weighted by Gasteiger charge is -2.21. The summed E-state index contributed by atoms with van der Waals surface area (Å²) in [6, 6.07) is 3.61. The van der Waals surface area contributed by atoms with Crippen molar-refractivity contribution >= 4 is 29.0 Å². The lowest BCUT2D eigenvalue weighted by Crippen LogP contribution is -2.43. The highest BCUT2D eigenvalue weighted by molar-refractivity contribution is 7.99. The third-order valence-electron chi connectivity index (χ3n) is 3.40. The van der Waals surface area contributed by atoms with Crippen LogP contribution in [0.3, 0.4) is 0 Å². The molecule has 0 spiro atoms. The standard InChI is InChI=1S/C14H16N2O3S2/c1-9-11(16-13(21-9)10-3-2-5-19-10)12(17)15-7-14(18)4-6-20-8-14/h2-3,5,18H,4,6-8H2,1H3,(H,15,17). The highest BCUT2D eigenvalue weighted by atomic mass is 32.2. The molecule has 0 saturated carbocycles. The number of hydrogen-bond donors (Lipinski definition) is 2. The molecule has 2 aromatic heterocycles. The smallest absolute Gasteiger partial charge is 0.271 e. The van der Waals surface area contributed by atoms with Crippen molar-refractivity contribution in [1.29, 1.82) is 0 Å². The van der Waals surface area contributed by atoms with E-state index in [9.17, 15) is 9.90 Å². The summed E-state index contributed by atoms with van der Waals surface area (Å²) in [4.78, 5) is 17.4. The summed E-state index contributed by atoms with van der Waals surface area (Å²) in [5.74, 6) is 2.02. The molecule has 0 radical (unpaired) electrons. The quantitative estimate of drug-likeness (QED) is 0.902. The average Bonchev–Trinajstić information content (AvgIpc) is 3.16. The van der Waals surface area contributed by atoms with Crippen molar-refractivity contribution in [2.24, 2.45) is 0 Å². The maximum atomic E-state index is 12.2. The molecule has 0 bridgehead atoms. The molecule has 1 atom stereocenters. The van der Waals surface area contributed by atoms with E-state index in [0.717, 1.165) is 10.6 Å². The fourth-order valence-electron chi connectivity index (χ4n) is 2.18. The largest absolute Gasteiger partial charge is 0.462 e. The van der Waals surface area contributed by atoms with Crippen LogP contribution in [0.5, 0.6) is 0 Å². The number of thioether (sulfide) groups is 1. The predicted molar refractivity (Wildman–Crippen MR) is 83.8 cm³/mol. The van der Waals surface area contributed by atoms with Gasteiger partial charge >= 0.3 is 0 Å². The Balaban J connectivity index is 1.70. The summed E-state index contributed by atoms with van der Waals surface area (Å²) < 4.78 is 5.30. The van der Waals surface area contributed by atoms with Crippen LogP contribution >= 0.6 is 23.1 Å². The molecule has 1 aliphatic heterocycles. The Morgan fingerprint density at radius 2 is 2.48 bits per heavy atom. The van der Waals surface area contributed by atoms with Crippen molar-refractivity contribution < 1.29 is 14.3 Å². The van der Waals surface area contributed by atoms with Crippen LogP contribution in [0.1, 0.15) is 21.8 Å². The first kappa shape index (κ1) is 14.6. The van der Waals surface area contributed by atoms with Gasteiger partial charge in [0.1, 0.15) is 5.69 Å². The van der Waals surface area contributed by atoms with Gasteiger partial charge in [0.25, 0.3) is 5.91 Å². The molecule has 3 heterocycles. The van der Waals surface area contributed by atoms with E-state index in [1.165, 1.54) is 11.3 Å². The Kier molecular flexibility index (Phi) is 4.05. The molecule has 0 aromatic carbocycles. The molecule has 3 rings (SSSR count). The van der Waals surface area contributed by atoms with E-state index in [0.29, 0.717) is 28.6 Å². The minimum atomic E-state index is -0.784. The van der Waals surface area contributed by atoms with Gasteiger partial charge in [0.2, 0.25) is 0 Å². The molecule has 1 unspecified atom stereocenters. The van der Waals surface area contributed by atoms with Crippen LogP contribution < -0.4 is 5.32 Å². The molecule has 2 aromatic rings. The van der Waals surface area contributed by atoms with Crippen LogP contribution in [-0.2, 0) is 0 Å². The Morgan fingerprint density at radius 3 is 3.14 bits per heavy atom. The van der Waals surface area contributed by atoms with Gasteiger partial charge in [0.05, 0.1) is 11.9 Å². The van der Waals surface area contributed by atoms with Gasteiger partial charge in [-0.25, -0.2) is 4.98 Å². The van der Waals surface area contributed by atoms with Crippen molar-refractivity contribution in [3.05, 3.63) is 29.0 Å². The maximum absolute atomic E-state index is 12.2. The summed E-state index contributed by atoms with van der Waals surface area (Å²) in [6.07, 6.45) is 2.30. The number of carbonyl (C=O) groups is 1. The topological polar surface area (TPSA) is 75.4 Å². The summed E-state index contributed by atoms with van der Waals surface area (Å²) in [6.45, 7) is 2.13. The fraction of sp³-hybridized carbons (Fsp3) is 0.429. The second-order valence-corrected chi connectivity index (χ2v) is 7.42. The SMILES string of the molecule is Cc1sc(-c2ccco2)nc1C(=O)NCC1(O)CCSC1. The number of nitrogens with one attached hydrogen (secondary N) is 1. The number of aromatic nitrogens is 1. The van der Waals surface area contributed by atoms with Gasteiger partial charge in [-0.05, 0) is 31.2 Å². The zero-order valence-corrected chi connectivity index (χ0v) is 13.2. The minimum absolute atomic E-state index is 0.244. The fourth-order valence-corrected chi connectivity index (χ4v) is 4.35. The number of rotatable bonds is 4. The Bertz CT molecular complexity index is 631. The first-order valence-electron chi connectivity index (χ1n) is 6.67. The zero-order valence-electron chi connectivity index (χ0n) is 11.6. The van der Waals surface area contributed by atoms with Crippen molar-refractivity contribution in [2.75, 3.05) is 18.1 Å². The van der Waals surface area contributed by atoms with Gasteiger partial charge < -0.3 is 14.8 Å². The third-order valence-corrected chi connectivity index (χ3v) is 5.62. The van der Waals surface area contributed by atoms with Gasteiger partial charge in [-0.1, -0.05) is 0 Å². The number of hydrogen-bond acceptors (Lipinski definition) is 6. The number of aliphatic hydroxyl groups is 1. The molecule has 112 valence electrons. The van der Waals surface area contributed by atoms with E-state index >= 15 is 0 Å². The van der Waals surface area contributed by atoms with E-state index in [-0.39, 0.29) is 12.5 Å². The first-order valence-corrected chi connectivity index (χ1v) is 8.64. The van der Waals surface area contributed by atoms with Crippen LogP contribution in [0.25, 0.3) is 10.8 Å². The highest BCUT2D eigenvalue weighted by Gasteiger charge is 2.32. The van der Waals surface area contributed by atoms with E-state index in [2.05, 4.69) is 10.3 Å². The van der Waals surface area contributed by atoms with E-state index in [1.54, 1.807) is 24.1 Å². The first-order chi connectivity index (χ1) is 10.1. The predicted octanol–water partition coefficient (Wildman–Crippen LogP) is 2.31. The lowest BCUT2D eigenvalue weighted by atomic mass is 10.0. The van der Waals surface area contributed by atoms with Gasteiger partial charge in [0, 0.05) is 17.2 Å². The number of thiazole rings is 1. The lowest BCUT2D eigenvalue weighted by molar-refractivity contribution is 0.0611. The minimum Gasteiger partial charge on any atom is -0.462 e.